The summed E-state index contributed by atoms with van der Waals surface area (Å²) in [6.07, 6.45) is -0.0768. The van der Waals surface area contributed by atoms with E-state index in [4.69, 9.17) is 20.5 Å². The van der Waals surface area contributed by atoms with Crippen molar-refractivity contribution >= 4 is 21.7 Å². The summed E-state index contributed by atoms with van der Waals surface area (Å²) in [5.74, 6) is 0. The zero-order valence-corrected chi connectivity index (χ0v) is 9.29. The van der Waals surface area contributed by atoms with E-state index < -0.39 is 10.1 Å². The number of hydrogen-bond acceptors (Lipinski definition) is 4. The number of ether oxygens (including phenoxy) is 1. The first kappa shape index (κ1) is 10.9. The van der Waals surface area contributed by atoms with Gasteiger partial charge >= 0.3 is 0 Å². The molecule has 4 nitrogen and oxygen atoms in total. The van der Waals surface area contributed by atoms with Crippen LogP contribution >= 0.6 is 11.6 Å². The zero-order valence-electron chi connectivity index (χ0n) is 7.72. The molecule has 1 aliphatic heterocycles. The van der Waals surface area contributed by atoms with Crippen LogP contribution in [-0.4, -0.2) is 27.7 Å². The Labute approximate surface area is 92.9 Å². The Hall–Kier alpha value is -0.620. The smallest absolute Gasteiger partial charge is 0.297 e. The molecule has 0 N–H and O–H groups in total. The van der Waals surface area contributed by atoms with E-state index in [1.54, 1.807) is 0 Å². The molecule has 1 heterocycles. The maximum absolute atomic E-state index is 11.6. The van der Waals surface area contributed by atoms with Crippen molar-refractivity contribution in [2.75, 3.05) is 13.2 Å². The third-order valence-corrected chi connectivity index (χ3v) is 3.46. The first-order valence-electron chi connectivity index (χ1n) is 4.34. The van der Waals surface area contributed by atoms with Crippen molar-refractivity contribution in [2.24, 2.45) is 0 Å². The van der Waals surface area contributed by atoms with Crippen LogP contribution in [0.2, 0.25) is 5.02 Å². The lowest BCUT2D eigenvalue weighted by Crippen LogP contribution is -2.10. The molecule has 0 aromatic heterocycles. The van der Waals surface area contributed by atoms with E-state index in [-0.39, 0.29) is 17.6 Å². The van der Waals surface area contributed by atoms with Crippen LogP contribution in [0.4, 0.5) is 0 Å². The third-order valence-electron chi connectivity index (χ3n) is 1.91. The molecule has 0 radical (unpaired) electrons. The van der Waals surface area contributed by atoms with Gasteiger partial charge in [0, 0.05) is 5.02 Å². The Morgan fingerprint density at radius 3 is 2.53 bits per heavy atom. The van der Waals surface area contributed by atoms with E-state index in [0.717, 1.165) is 0 Å². The van der Waals surface area contributed by atoms with Crippen LogP contribution < -0.4 is 0 Å². The first-order chi connectivity index (χ1) is 7.08. The highest BCUT2D eigenvalue weighted by molar-refractivity contribution is 7.86. The second-order valence-corrected chi connectivity index (χ2v) is 5.20. The fourth-order valence-corrected chi connectivity index (χ4v) is 2.06. The number of rotatable bonds is 4. The molecule has 6 heteroatoms. The van der Waals surface area contributed by atoms with Gasteiger partial charge in [0.1, 0.15) is 6.10 Å². The summed E-state index contributed by atoms with van der Waals surface area (Å²) < 4.78 is 32.7. The number of epoxide rings is 1. The Bertz CT molecular complexity index is 436. The summed E-state index contributed by atoms with van der Waals surface area (Å²) >= 11 is 5.64. The maximum Gasteiger partial charge on any atom is 0.297 e. The van der Waals surface area contributed by atoms with Gasteiger partial charge in [0.05, 0.1) is 18.1 Å². The predicted molar refractivity (Wildman–Crippen MR) is 54.3 cm³/mol. The molecule has 1 aromatic rings. The highest BCUT2D eigenvalue weighted by Crippen LogP contribution is 2.18. The minimum absolute atomic E-state index is 0.0744. The van der Waals surface area contributed by atoms with Gasteiger partial charge in [0.2, 0.25) is 0 Å². The standard InChI is InChI=1S/C9H9ClO4S/c10-7-1-3-9(4-2-7)15(11,12)14-6-8-5-13-8/h1-4,8H,5-6H2. The summed E-state index contributed by atoms with van der Waals surface area (Å²) in [5, 5.41) is 0.486. The van der Waals surface area contributed by atoms with Crippen molar-refractivity contribution in [1.29, 1.82) is 0 Å². The van der Waals surface area contributed by atoms with Gasteiger partial charge in [-0.3, -0.25) is 4.18 Å². The quantitative estimate of drug-likeness (QED) is 0.598. The van der Waals surface area contributed by atoms with Crippen molar-refractivity contribution in [3.63, 3.8) is 0 Å². The average molecular weight is 249 g/mol. The zero-order chi connectivity index (χ0) is 10.9. The Balaban J connectivity index is 2.09. The molecule has 2 rings (SSSR count). The second kappa shape index (κ2) is 4.09. The minimum Gasteiger partial charge on any atom is -0.371 e. The average Bonchev–Trinajstić information content (AvgIpc) is 2.99. The molecular formula is C9H9ClO4S. The number of halogens is 1. The molecule has 1 atom stereocenters. The number of hydrogen-bond donors (Lipinski definition) is 0. The number of benzene rings is 1. The van der Waals surface area contributed by atoms with E-state index in [1.165, 1.54) is 24.3 Å². The molecule has 0 bridgehead atoms. The SMILES string of the molecule is O=S(=O)(OCC1CO1)c1ccc(Cl)cc1. The molecule has 1 fully saturated rings. The highest BCUT2D eigenvalue weighted by atomic mass is 35.5. The summed E-state index contributed by atoms with van der Waals surface area (Å²) in [6.45, 7) is 0.640. The summed E-state index contributed by atoms with van der Waals surface area (Å²) in [4.78, 5) is 0.104. The van der Waals surface area contributed by atoms with Crippen molar-refractivity contribution < 1.29 is 17.3 Å². The van der Waals surface area contributed by atoms with Crippen LogP contribution in [0, 0.1) is 0 Å². The molecule has 1 aromatic carbocycles. The fraction of sp³-hybridized carbons (Fsp3) is 0.333. The fourth-order valence-electron chi connectivity index (χ4n) is 0.999. The summed E-state index contributed by atoms with van der Waals surface area (Å²) in [5.41, 5.74) is 0. The third kappa shape index (κ3) is 2.92. The van der Waals surface area contributed by atoms with Gasteiger partial charge < -0.3 is 4.74 Å². The lowest BCUT2D eigenvalue weighted by atomic mass is 10.4. The van der Waals surface area contributed by atoms with Crippen molar-refractivity contribution in [1.82, 2.24) is 0 Å². The molecular weight excluding hydrogens is 240 g/mol. The van der Waals surface area contributed by atoms with Crippen molar-refractivity contribution in [3.8, 4) is 0 Å². The monoisotopic (exact) mass is 248 g/mol. The van der Waals surface area contributed by atoms with E-state index in [9.17, 15) is 8.42 Å². The highest BCUT2D eigenvalue weighted by Gasteiger charge is 2.26. The Morgan fingerprint density at radius 2 is 2.00 bits per heavy atom. The molecule has 1 unspecified atom stereocenters. The van der Waals surface area contributed by atoms with Crippen LogP contribution in [0.15, 0.2) is 29.2 Å². The molecule has 0 spiro atoms. The van der Waals surface area contributed by atoms with E-state index >= 15 is 0 Å². The van der Waals surface area contributed by atoms with Gasteiger partial charge in [0.15, 0.2) is 0 Å². The molecule has 1 saturated heterocycles. The van der Waals surface area contributed by atoms with Gasteiger partial charge in [0.25, 0.3) is 10.1 Å². The van der Waals surface area contributed by atoms with Crippen LogP contribution in [-0.2, 0) is 19.0 Å². The lowest BCUT2D eigenvalue weighted by molar-refractivity contribution is 0.266. The summed E-state index contributed by atoms with van der Waals surface area (Å²) in [7, 11) is -3.67. The van der Waals surface area contributed by atoms with Crippen LogP contribution in [0.3, 0.4) is 0 Å². The topological polar surface area (TPSA) is 55.9 Å². The second-order valence-electron chi connectivity index (χ2n) is 3.15. The molecule has 0 aliphatic carbocycles. The van der Waals surface area contributed by atoms with Gasteiger partial charge in [-0.1, -0.05) is 11.6 Å². The molecule has 0 saturated carbocycles. The normalized spacial score (nSPS) is 20.2. The van der Waals surface area contributed by atoms with E-state index in [1.807, 2.05) is 0 Å². The van der Waals surface area contributed by atoms with E-state index in [0.29, 0.717) is 11.6 Å². The molecule has 15 heavy (non-hydrogen) atoms. The van der Waals surface area contributed by atoms with Crippen molar-refractivity contribution in [2.45, 2.75) is 11.0 Å². The lowest BCUT2D eigenvalue weighted by Gasteiger charge is -2.03. The van der Waals surface area contributed by atoms with Gasteiger partial charge in [-0.25, -0.2) is 0 Å². The Morgan fingerprint density at radius 1 is 1.40 bits per heavy atom. The Kier molecular flexibility index (Phi) is 2.97. The minimum atomic E-state index is -3.67. The van der Waals surface area contributed by atoms with Gasteiger partial charge in [-0.05, 0) is 24.3 Å². The largest absolute Gasteiger partial charge is 0.371 e. The van der Waals surface area contributed by atoms with Crippen molar-refractivity contribution in [3.05, 3.63) is 29.3 Å². The van der Waals surface area contributed by atoms with Gasteiger partial charge in [-0.2, -0.15) is 8.42 Å². The molecule has 0 amide bonds. The van der Waals surface area contributed by atoms with Crippen LogP contribution in [0.5, 0.6) is 0 Å². The van der Waals surface area contributed by atoms with E-state index in [2.05, 4.69) is 0 Å². The summed E-state index contributed by atoms with van der Waals surface area (Å²) in [6, 6.07) is 5.83. The van der Waals surface area contributed by atoms with Gasteiger partial charge in [-0.15, -0.1) is 0 Å². The first-order valence-corrected chi connectivity index (χ1v) is 6.13. The maximum atomic E-state index is 11.6. The molecule has 1 aliphatic rings. The van der Waals surface area contributed by atoms with Crippen LogP contribution in [0.1, 0.15) is 0 Å². The van der Waals surface area contributed by atoms with Crippen LogP contribution in [0.25, 0.3) is 0 Å². The molecule has 82 valence electrons. The predicted octanol–water partition coefficient (Wildman–Crippen LogP) is 1.44.